The van der Waals surface area contributed by atoms with Crippen molar-refractivity contribution in [2.24, 2.45) is 5.92 Å². The highest BCUT2D eigenvalue weighted by Gasteiger charge is 2.33. The topological polar surface area (TPSA) is 88.5 Å². The lowest BCUT2D eigenvalue weighted by atomic mass is 9.97. The molecule has 1 aliphatic heterocycles. The number of piperidine rings is 1. The number of hydrogen-bond donors (Lipinski definition) is 1. The lowest BCUT2D eigenvalue weighted by Crippen LogP contribution is -2.39. The first-order chi connectivity index (χ1) is 19.2. The van der Waals surface area contributed by atoms with Crippen molar-refractivity contribution in [3.05, 3.63) is 76.9 Å². The summed E-state index contributed by atoms with van der Waals surface area (Å²) in [6.45, 7) is 10.9. The van der Waals surface area contributed by atoms with Crippen LogP contribution < -0.4 is 10.2 Å². The van der Waals surface area contributed by atoms with Crippen LogP contribution in [0.25, 0.3) is 27.4 Å². The first-order valence-electron chi connectivity index (χ1n) is 13.1. The largest absolute Gasteiger partial charge is 0.436 e. The molecule has 0 unspecified atom stereocenters. The predicted molar refractivity (Wildman–Crippen MR) is 144 cm³/mol. The highest BCUT2D eigenvalue weighted by molar-refractivity contribution is 5.94. The Morgan fingerprint density at radius 1 is 1.15 bits per heavy atom. The third-order valence-electron chi connectivity index (χ3n) is 6.98. The second kappa shape index (κ2) is 11.3. The highest BCUT2D eigenvalue weighted by atomic mass is 19.4. The lowest BCUT2D eigenvalue weighted by Gasteiger charge is -2.32. The molecule has 8 nitrogen and oxygen atoms in total. The van der Waals surface area contributed by atoms with Crippen molar-refractivity contribution in [1.29, 1.82) is 0 Å². The number of benzene rings is 2. The Balaban J connectivity index is 1.17. The van der Waals surface area contributed by atoms with E-state index in [2.05, 4.69) is 32.0 Å². The van der Waals surface area contributed by atoms with Gasteiger partial charge in [-0.15, -0.1) is 0 Å². The normalized spacial score (nSPS) is 14.3. The third kappa shape index (κ3) is 5.91. The Morgan fingerprint density at radius 2 is 1.90 bits per heavy atom. The zero-order chi connectivity index (χ0) is 28.3. The van der Waals surface area contributed by atoms with E-state index in [9.17, 15) is 18.0 Å². The van der Waals surface area contributed by atoms with Crippen LogP contribution in [0.3, 0.4) is 0 Å². The average Bonchev–Trinajstić information content (AvgIpc) is 3.40. The maximum absolute atomic E-state index is 13.0. The molecule has 0 bridgehead atoms. The van der Waals surface area contributed by atoms with Crippen molar-refractivity contribution >= 4 is 28.6 Å². The van der Waals surface area contributed by atoms with Gasteiger partial charge in [-0.2, -0.15) is 13.2 Å². The molecule has 0 atom stereocenters. The number of aryl methyl sites for hydroxylation is 1. The van der Waals surface area contributed by atoms with E-state index >= 15 is 0 Å². The van der Waals surface area contributed by atoms with Crippen molar-refractivity contribution in [3.63, 3.8) is 0 Å². The van der Waals surface area contributed by atoms with Gasteiger partial charge in [0.2, 0.25) is 11.8 Å². The maximum Gasteiger partial charge on any atom is 0.433 e. The summed E-state index contributed by atoms with van der Waals surface area (Å²) in [6, 6.07) is 11.4. The molecule has 3 heterocycles. The number of rotatable bonds is 7. The first-order valence-corrected chi connectivity index (χ1v) is 13.1. The number of carbonyl (C=O) groups excluding carboxylic acids is 1. The van der Waals surface area contributed by atoms with Gasteiger partial charge in [-0.25, -0.2) is 19.8 Å². The number of nitrogens with zero attached hydrogens (tertiary/aromatic N) is 5. The minimum absolute atomic E-state index is 0.0739. The lowest BCUT2D eigenvalue weighted by molar-refractivity contribution is -0.141. The van der Waals surface area contributed by atoms with E-state index in [1.807, 2.05) is 6.07 Å². The van der Waals surface area contributed by atoms with E-state index < -0.39 is 11.9 Å². The number of carbonyl (C=O) groups is 1. The molecule has 1 amide bonds. The molecule has 2 aromatic carbocycles. The van der Waals surface area contributed by atoms with E-state index in [4.69, 9.17) is 11.0 Å². The zero-order valence-electron chi connectivity index (χ0n) is 21.8. The number of fused-ring (bicyclic) bond motifs is 1. The summed E-state index contributed by atoms with van der Waals surface area (Å²) in [5, 5.41) is 2.96. The average molecular weight is 549 g/mol. The Labute approximate surface area is 229 Å². The van der Waals surface area contributed by atoms with Crippen LogP contribution in [0.1, 0.15) is 47.8 Å². The van der Waals surface area contributed by atoms with Gasteiger partial charge in [-0.05, 0) is 73.2 Å². The van der Waals surface area contributed by atoms with Gasteiger partial charge >= 0.3 is 6.18 Å². The fraction of sp³-hybridized carbons (Fsp3) is 0.345. The van der Waals surface area contributed by atoms with Gasteiger partial charge in [0.25, 0.3) is 5.91 Å². The molecule has 11 heteroatoms. The van der Waals surface area contributed by atoms with E-state index in [1.54, 1.807) is 35.2 Å². The number of amides is 1. The van der Waals surface area contributed by atoms with Crippen molar-refractivity contribution in [3.8, 4) is 11.5 Å². The van der Waals surface area contributed by atoms with Crippen LogP contribution in [0, 0.1) is 12.5 Å². The molecule has 0 aliphatic carbocycles. The molecule has 1 fully saturated rings. The van der Waals surface area contributed by atoms with Crippen LogP contribution >= 0.6 is 0 Å². The van der Waals surface area contributed by atoms with Gasteiger partial charge in [0.05, 0.1) is 12.1 Å². The van der Waals surface area contributed by atoms with Crippen LogP contribution in [0.4, 0.5) is 24.8 Å². The summed E-state index contributed by atoms with van der Waals surface area (Å²) in [6.07, 6.45) is -0.284. The van der Waals surface area contributed by atoms with Gasteiger partial charge < -0.3 is 14.6 Å². The van der Waals surface area contributed by atoms with Crippen LogP contribution in [0.2, 0.25) is 0 Å². The van der Waals surface area contributed by atoms with Gasteiger partial charge in [0.1, 0.15) is 5.69 Å². The fourth-order valence-corrected chi connectivity index (χ4v) is 4.83. The zero-order valence-corrected chi connectivity index (χ0v) is 21.8. The summed E-state index contributed by atoms with van der Waals surface area (Å²) in [4.78, 5) is 30.3. The number of anilines is 1. The number of hydrogen-bond acceptors (Lipinski definition) is 6. The minimum Gasteiger partial charge on any atom is -0.436 e. The maximum atomic E-state index is 13.0. The summed E-state index contributed by atoms with van der Waals surface area (Å²) < 4.78 is 44.9. The van der Waals surface area contributed by atoms with Gasteiger partial charge in [-0.3, -0.25) is 4.79 Å². The molecule has 5 rings (SSSR count). The molecule has 0 radical (unpaired) electrons. The SMILES string of the molecule is [C-]#[N+]c1cc(CCC)c2oc(-c3ccc(C(=O)NCC4CCN(c5nccc(C(F)(F)F)n5)CC4)cc3)nc2c1. The Morgan fingerprint density at radius 3 is 2.58 bits per heavy atom. The Hall–Kier alpha value is -4.46. The highest BCUT2D eigenvalue weighted by Crippen LogP contribution is 2.32. The molecule has 0 saturated carbocycles. The third-order valence-corrected chi connectivity index (χ3v) is 6.98. The van der Waals surface area contributed by atoms with E-state index in [0.717, 1.165) is 36.2 Å². The molecule has 2 aromatic heterocycles. The molecule has 0 spiro atoms. The number of oxazole rings is 1. The van der Waals surface area contributed by atoms with Crippen molar-refractivity contribution in [1.82, 2.24) is 20.3 Å². The molecular weight excluding hydrogens is 521 g/mol. The van der Waals surface area contributed by atoms with Gasteiger partial charge in [0, 0.05) is 37.0 Å². The fourth-order valence-electron chi connectivity index (χ4n) is 4.83. The molecular formula is C29H27F3N6O2. The molecule has 1 saturated heterocycles. The summed E-state index contributed by atoms with van der Waals surface area (Å²) in [7, 11) is 0. The number of halogens is 3. The quantitative estimate of drug-likeness (QED) is 0.267. The van der Waals surface area contributed by atoms with Crippen LogP contribution in [-0.2, 0) is 12.6 Å². The van der Waals surface area contributed by atoms with Crippen molar-refractivity contribution < 1.29 is 22.4 Å². The minimum atomic E-state index is -4.51. The Kier molecular flexibility index (Phi) is 7.69. The molecule has 206 valence electrons. The molecule has 4 aromatic rings. The summed E-state index contributed by atoms with van der Waals surface area (Å²) in [5.74, 6) is 0.491. The van der Waals surface area contributed by atoms with Gasteiger partial charge in [-0.1, -0.05) is 13.3 Å². The second-order valence-electron chi connectivity index (χ2n) is 9.79. The molecule has 1 N–H and O–H groups in total. The van der Waals surface area contributed by atoms with E-state index in [1.165, 1.54) is 0 Å². The predicted octanol–water partition coefficient (Wildman–Crippen LogP) is 6.45. The number of nitrogens with one attached hydrogen (secondary N) is 1. The van der Waals surface area contributed by atoms with E-state index in [0.29, 0.717) is 60.7 Å². The van der Waals surface area contributed by atoms with Crippen molar-refractivity contribution in [2.45, 2.75) is 38.8 Å². The molecule has 1 aliphatic rings. The smallest absolute Gasteiger partial charge is 0.433 e. The number of alkyl halides is 3. The second-order valence-corrected chi connectivity index (χ2v) is 9.79. The Bertz CT molecular complexity index is 1550. The van der Waals surface area contributed by atoms with Crippen molar-refractivity contribution in [2.75, 3.05) is 24.5 Å². The van der Waals surface area contributed by atoms with E-state index in [-0.39, 0.29) is 17.8 Å². The van der Waals surface area contributed by atoms with Crippen LogP contribution in [0.5, 0.6) is 0 Å². The van der Waals surface area contributed by atoms with Crippen LogP contribution in [-0.4, -0.2) is 40.5 Å². The molecule has 40 heavy (non-hydrogen) atoms. The van der Waals surface area contributed by atoms with Crippen LogP contribution in [0.15, 0.2) is 53.1 Å². The monoisotopic (exact) mass is 548 g/mol. The standard InChI is InChI=1S/C29H27F3N6O2/c1-3-4-21-15-22(33-2)16-23-25(21)40-27(36-23)20-7-5-19(6-8-20)26(39)35-17-18-10-13-38(14-11-18)28-34-12-9-24(37-28)29(30,31)32/h5-9,12,15-16,18H,3-4,10-11,13-14,17H2,1H3,(H,35,39). The summed E-state index contributed by atoms with van der Waals surface area (Å²) in [5.41, 5.74) is 3.06. The first kappa shape index (κ1) is 27.1. The number of aromatic nitrogens is 3. The summed E-state index contributed by atoms with van der Waals surface area (Å²) >= 11 is 0. The van der Waals surface area contributed by atoms with Gasteiger partial charge in [0.15, 0.2) is 11.3 Å².